The number of H-pyrrole nitrogens is 1. The molecular formula is C10H8FN5O. The van der Waals surface area contributed by atoms with Crippen LogP contribution in [0.2, 0.25) is 0 Å². The Morgan fingerprint density at radius 1 is 1.47 bits per heavy atom. The van der Waals surface area contributed by atoms with Gasteiger partial charge in [0, 0.05) is 0 Å². The molecular weight excluding hydrogens is 225 g/mol. The number of hydrogen-bond donors (Lipinski definition) is 2. The van der Waals surface area contributed by atoms with Crippen molar-refractivity contribution in [1.29, 1.82) is 0 Å². The molecule has 6 nitrogen and oxygen atoms in total. The van der Waals surface area contributed by atoms with E-state index in [-0.39, 0.29) is 17.3 Å². The molecule has 1 heterocycles. The fourth-order valence-corrected chi connectivity index (χ4v) is 1.12. The molecule has 2 rings (SSSR count). The van der Waals surface area contributed by atoms with E-state index in [0.29, 0.717) is 5.56 Å². The first-order chi connectivity index (χ1) is 8.24. The van der Waals surface area contributed by atoms with E-state index in [1.54, 1.807) is 12.1 Å². The molecule has 7 heteroatoms. The number of nitrogens with one attached hydrogen (secondary N) is 2. The Labute approximate surface area is 95.2 Å². The predicted octanol–water partition coefficient (Wildman–Crippen LogP) is 0.750. The van der Waals surface area contributed by atoms with Gasteiger partial charge in [-0.2, -0.15) is 5.10 Å². The smallest absolute Gasteiger partial charge is 0.271 e. The highest BCUT2D eigenvalue weighted by Crippen LogP contribution is 2.00. The maximum atomic E-state index is 12.8. The molecule has 0 fully saturated rings. The van der Waals surface area contributed by atoms with Gasteiger partial charge in [0.15, 0.2) is 0 Å². The minimum atomic E-state index is -0.386. The van der Waals surface area contributed by atoms with E-state index in [0.717, 1.165) is 6.20 Å². The van der Waals surface area contributed by atoms with Gasteiger partial charge in [-0.3, -0.25) is 9.78 Å². The summed E-state index contributed by atoms with van der Waals surface area (Å²) in [6, 6.07) is 5.92. The Kier molecular flexibility index (Phi) is 3.20. The predicted molar refractivity (Wildman–Crippen MR) is 60.3 cm³/mol. The zero-order valence-electron chi connectivity index (χ0n) is 8.59. The van der Waals surface area contributed by atoms with Gasteiger partial charge in [0.25, 0.3) is 5.56 Å². The molecule has 0 aliphatic heterocycles. The number of rotatable bonds is 3. The highest BCUT2D eigenvalue weighted by atomic mass is 19.1. The molecule has 0 saturated heterocycles. The first kappa shape index (κ1) is 10.9. The van der Waals surface area contributed by atoms with Crippen molar-refractivity contribution in [3.05, 3.63) is 52.2 Å². The SMILES string of the molecule is O=c1cnnc(N/N=C/c2cccc(F)c2)[nH]1. The molecule has 2 N–H and O–H groups in total. The van der Waals surface area contributed by atoms with Crippen molar-refractivity contribution in [3.8, 4) is 0 Å². The van der Waals surface area contributed by atoms with Crippen LogP contribution in [0, 0.1) is 5.82 Å². The average molecular weight is 233 g/mol. The third-order valence-corrected chi connectivity index (χ3v) is 1.81. The van der Waals surface area contributed by atoms with Crippen LogP contribution in [-0.2, 0) is 0 Å². The summed E-state index contributed by atoms with van der Waals surface area (Å²) in [6.07, 6.45) is 2.44. The summed E-state index contributed by atoms with van der Waals surface area (Å²) in [4.78, 5) is 13.2. The topological polar surface area (TPSA) is 83.0 Å². The molecule has 1 aromatic heterocycles. The number of anilines is 1. The molecule has 0 spiro atoms. The molecule has 0 bridgehead atoms. The fourth-order valence-electron chi connectivity index (χ4n) is 1.12. The number of hydrazone groups is 1. The van der Waals surface area contributed by atoms with Crippen molar-refractivity contribution in [2.45, 2.75) is 0 Å². The van der Waals surface area contributed by atoms with Crippen LogP contribution in [0.15, 0.2) is 40.4 Å². The summed E-state index contributed by atoms with van der Waals surface area (Å²) in [5.74, 6) is -0.230. The van der Waals surface area contributed by atoms with Gasteiger partial charge < -0.3 is 0 Å². The second kappa shape index (κ2) is 4.97. The monoisotopic (exact) mass is 233 g/mol. The van der Waals surface area contributed by atoms with Crippen molar-refractivity contribution >= 4 is 12.2 Å². The van der Waals surface area contributed by atoms with Gasteiger partial charge in [-0.25, -0.2) is 9.82 Å². The van der Waals surface area contributed by atoms with Crippen molar-refractivity contribution in [2.75, 3.05) is 5.43 Å². The normalized spacial score (nSPS) is 10.6. The lowest BCUT2D eigenvalue weighted by Gasteiger charge is -1.96. The maximum absolute atomic E-state index is 12.8. The molecule has 0 amide bonds. The highest BCUT2D eigenvalue weighted by Gasteiger charge is 1.93. The van der Waals surface area contributed by atoms with Gasteiger partial charge in [-0.15, -0.1) is 10.2 Å². The van der Waals surface area contributed by atoms with Gasteiger partial charge in [0.05, 0.1) is 6.21 Å². The number of aromatic amines is 1. The van der Waals surface area contributed by atoms with E-state index >= 15 is 0 Å². The summed E-state index contributed by atoms with van der Waals surface area (Å²) in [5, 5.41) is 10.8. The Morgan fingerprint density at radius 2 is 2.35 bits per heavy atom. The molecule has 17 heavy (non-hydrogen) atoms. The highest BCUT2D eigenvalue weighted by molar-refractivity contribution is 5.79. The Balaban J connectivity index is 2.05. The number of halogens is 1. The van der Waals surface area contributed by atoms with Crippen molar-refractivity contribution in [1.82, 2.24) is 15.2 Å². The largest absolute Gasteiger partial charge is 0.289 e. The zero-order chi connectivity index (χ0) is 12.1. The number of benzene rings is 1. The van der Waals surface area contributed by atoms with Crippen molar-refractivity contribution in [2.24, 2.45) is 5.10 Å². The van der Waals surface area contributed by atoms with Gasteiger partial charge in [-0.1, -0.05) is 12.1 Å². The number of aromatic nitrogens is 3. The van der Waals surface area contributed by atoms with Crippen LogP contribution in [0.1, 0.15) is 5.56 Å². The lowest BCUT2D eigenvalue weighted by atomic mass is 10.2. The van der Waals surface area contributed by atoms with Crippen LogP contribution in [-0.4, -0.2) is 21.4 Å². The summed E-state index contributed by atoms with van der Waals surface area (Å²) < 4.78 is 12.8. The van der Waals surface area contributed by atoms with E-state index in [9.17, 15) is 9.18 Å². The Bertz CT molecular complexity index is 595. The van der Waals surface area contributed by atoms with Gasteiger partial charge in [0.1, 0.15) is 12.0 Å². The third-order valence-electron chi connectivity index (χ3n) is 1.81. The number of nitrogens with zero attached hydrogens (tertiary/aromatic N) is 3. The van der Waals surface area contributed by atoms with Crippen LogP contribution >= 0.6 is 0 Å². The van der Waals surface area contributed by atoms with Crippen LogP contribution < -0.4 is 11.0 Å². The summed E-state index contributed by atoms with van der Waals surface area (Å²) in [7, 11) is 0. The molecule has 0 saturated carbocycles. The van der Waals surface area contributed by atoms with Gasteiger partial charge >= 0.3 is 0 Å². The molecule has 1 aromatic carbocycles. The summed E-state index contributed by atoms with van der Waals surface area (Å²) in [6.45, 7) is 0. The lowest BCUT2D eigenvalue weighted by molar-refractivity contribution is 0.627. The Hall–Kier alpha value is -2.57. The van der Waals surface area contributed by atoms with E-state index in [4.69, 9.17) is 0 Å². The summed E-state index contributed by atoms with van der Waals surface area (Å²) in [5.41, 5.74) is 2.67. The second-order valence-corrected chi connectivity index (χ2v) is 3.11. The molecule has 0 unspecified atom stereocenters. The minimum absolute atomic E-state index is 0.116. The molecule has 86 valence electrons. The maximum Gasteiger partial charge on any atom is 0.271 e. The molecule has 2 aromatic rings. The van der Waals surface area contributed by atoms with Crippen LogP contribution in [0.5, 0.6) is 0 Å². The van der Waals surface area contributed by atoms with Crippen LogP contribution in [0.25, 0.3) is 0 Å². The van der Waals surface area contributed by atoms with E-state index in [1.807, 2.05) is 0 Å². The average Bonchev–Trinajstić information content (AvgIpc) is 2.29. The van der Waals surface area contributed by atoms with Gasteiger partial charge in [-0.05, 0) is 17.7 Å². The quantitative estimate of drug-likeness (QED) is 0.605. The fraction of sp³-hybridized carbons (Fsp3) is 0. The zero-order valence-corrected chi connectivity index (χ0v) is 8.59. The number of hydrogen-bond acceptors (Lipinski definition) is 5. The second-order valence-electron chi connectivity index (χ2n) is 3.11. The first-order valence-corrected chi connectivity index (χ1v) is 4.71. The van der Waals surface area contributed by atoms with Crippen molar-refractivity contribution < 1.29 is 4.39 Å². The van der Waals surface area contributed by atoms with E-state index in [2.05, 4.69) is 25.7 Å². The summed E-state index contributed by atoms with van der Waals surface area (Å²) >= 11 is 0. The van der Waals surface area contributed by atoms with Crippen LogP contribution in [0.3, 0.4) is 0 Å². The standard InChI is InChI=1S/C10H8FN5O/c11-8-3-1-2-7(4-8)5-12-15-10-14-9(17)6-13-16-10/h1-6H,(H2,14,15,16,17)/b12-5+. The van der Waals surface area contributed by atoms with Gasteiger partial charge in [0.2, 0.25) is 5.95 Å². The molecule has 0 atom stereocenters. The third kappa shape index (κ3) is 3.20. The lowest BCUT2D eigenvalue weighted by Crippen LogP contribution is -2.10. The molecule has 0 aliphatic carbocycles. The van der Waals surface area contributed by atoms with E-state index < -0.39 is 0 Å². The first-order valence-electron chi connectivity index (χ1n) is 4.71. The minimum Gasteiger partial charge on any atom is -0.289 e. The van der Waals surface area contributed by atoms with Crippen LogP contribution in [0.4, 0.5) is 10.3 Å². The van der Waals surface area contributed by atoms with E-state index in [1.165, 1.54) is 18.3 Å². The molecule has 0 aliphatic rings. The Morgan fingerprint density at radius 3 is 3.12 bits per heavy atom. The molecule has 0 radical (unpaired) electrons. The van der Waals surface area contributed by atoms with Crippen molar-refractivity contribution in [3.63, 3.8) is 0 Å².